The molecule has 1 aliphatic rings. The third-order valence-corrected chi connectivity index (χ3v) is 6.57. The quantitative estimate of drug-likeness (QED) is 0.502. The third kappa shape index (κ3) is 5.62. The maximum atomic E-state index is 12.7. The van der Waals surface area contributed by atoms with E-state index in [0.29, 0.717) is 25.2 Å². The Balaban J connectivity index is 1.74. The molecule has 0 spiro atoms. The second-order valence-corrected chi connectivity index (χ2v) is 10.7. The lowest BCUT2D eigenvalue weighted by molar-refractivity contribution is 0.0197. The van der Waals surface area contributed by atoms with Gasteiger partial charge in [0.15, 0.2) is 5.65 Å². The molecule has 1 aromatic carbocycles. The predicted molar refractivity (Wildman–Crippen MR) is 142 cm³/mol. The highest BCUT2D eigenvalue weighted by molar-refractivity contribution is 5.84. The van der Waals surface area contributed by atoms with E-state index in [0.717, 1.165) is 57.6 Å². The summed E-state index contributed by atoms with van der Waals surface area (Å²) < 4.78 is 11.3. The van der Waals surface area contributed by atoms with E-state index in [4.69, 9.17) is 19.4 Å². The molecule has 36 heavy (non-hydrogen) atoms. The van der Waals surface area contributed by atoms with Crippen molar-refractivity contribution in [2.24, 2.45) is 0 Å². The number of aryl methyl sites for hydroxylation is 2. The van der Waals surface area contributed by atoms with Crippen LogP contribution < -0.4 is 4.74 Å². The van der Waals surface area contributed by atoms with Gasteiger partial charge in [0.25, 0.3) is 0 Å². The molecule has 0 radical (unpaired) electrons. The fourth-order valence-corrected chi connectivity index (χ4v) is 5.00. The van der Waals surface area contributed by atoms with Gasteiger partial charge in [0.2, 0.25) is 0 Å². The minimum Gasteiger partial charge on any atom is -0.496 e. The Morgan fingerprint density at radius 2 is 1.94 bits per heavy atom. The summed E-state index contributed by atoms with van der Waals surface area (Å²) in [6.45, 7) is 11.0. The highest BCUT2D eigenvalue weighted by Gasteiger charge is 2.29. The molecule has 7 heteroatoms. The van der Waals surface area contributed by atoms with Crippen LogP contribution in [-0.2, 0) is 11.2 Å². The van der Waals surface area contributed by atoms with Crippen molar-refractivity contribution in [2.45, 2.75) is 65.4 Å². The zero-order chi connectivity index (χ0) is 26.0. The number of ether oxygens (including phenoxy) is 2. The van der Waals surface area contributed by atoms with Crippen molar-refractivity contribution in [3.8, 4) is 17.0 Å². The molecule has 3 aromatic rings. The average Bonchev–Trinajstić information content (AvgIpc) is 2.82. The first-order valence-corrected chi connectivity index (χ1v) is 12.6. The molecule has 0 bridgehead atoms. The van der Waals surface area contributed by atoms with Crippen LogP contribution in [0.1, 0.15) is 61.9 Å². The topological polar surface area (TPSA) is 84.8 Å². The Hall–Kier alpha value is -3.19. The summed E-state index contributed by atoms with van der Waals surface area (Å²) in [5.41, 5.74) is 6.00. The largest absolute Gasteiger partial charge is 0.496 e. The lowest BCUT2D eigenvalue weighted by Crippen LogP contribution is -2.42. The molecular weight excluding hydrogens is 454 g/mol. The summed E-state index contributed by atoms with van der Waals surface area (Å²) in [5.74, 6) is 0.862. The number of aromatic nitrogens is 2. The molecule has 1 N–H and O–H groups in total. The van der Waals surface area contributed by atoms with Crippen molar-refractivity contribution in [1.29, 1.82) is 0 Å². The highest BCUT2D eigenvalue weighted by Crippen LogP contribution is 2.35. The molecular formula is C29H37N3O4. The lowest BCUT2D eigenvalue weighted by atomic mass is 9.92. The molecule has 1 unspecified atom stereocenters. The SMILES string of the molecule is COc1cc(C)cc(C)c1-c1ccc2c(CCO)cc(C3CCCN(C(=O)OC(C)(C)C)C3)nc2n1. The average molecular weight is 492 g/mol. The van der Waals surface area contributed by atoms with Crippen LogP contribution >= 0.6 is 0 Å². The number of piperidine rings is 1. The van der Waals surface area contributed by atoms with Crippen LogP contribution in [0.4, 0.5) is 4.79 Å². The fraction of sp³-hybridized carbons (Fsp3) is 0.483. The van der Waals surface area contributed by atoms with Crippen LogP contribution in [0.25, 0.3) is 22.3 Å². The van der Waals surface area contributed by atoms with Gasteiger partial charge in [-0.05, 0) is 94.8 Å². The maximum absolute atomic E-state index is 12.7. The van der Waals surface area contributed by atoms with Crippen LogP contribution in [0.5, 0.6) is 5.75 Å². The maximum Gasteiger partial charge on any atom is 0.410 e. The van der Waals surface area contributed by atoms with Gasteiger partial charge >= 0.3 is 6.09 Å². The molecule has 1 fully saturated rings. The molecule has 192 valence electrons. The molecule has 7 nitrogen and oxygen atoms in total. The molecule has 1 atom stereocenters. The summed E-state index contributed by atoms with van der Waals surface area (Å²) in [5, 5.41) is 10.7. The Labute approximate surface area is 213 Å². The van der Waals surface area contributed by atoms with Crippen LogP contribution in [0.2, 0.25) is 0 Å². The number of carbonyl (C=O) groups excluding carboxylic acids is 1. The number of methoxy groups -OCH3 is 1. The predicted octanol–water partition coefficient (Wildman–Crippen LogP) is 5.57. The number of hydrogen-bond donors (Lipinski definition) is 1. The second kappa shape index (κ2) is 10.4. The molecule has 1 amide bonds. The second-order valence-electron chi connectivity index (χ2n) is 10.7. The van der Waals surface area contributed by atoms with Gasteiger partial charge in [-0.15, -0.1) is 0 Å². The number of nitrogens with zero attached hydrogens (tertiary/aromatic N) is 3. The Morgan fingerprint density at radius 1 is 1.17 bits per heavy atom. The van der Waals surface area contributed by atoms with Crippen molar-refractivity contribution in [3.63, 3.8) is 0 Å². The van der Waals surface area contributed by atoms with E-state index in [1.54, 1.807) is 12.0 Å². The number of benzene rings is 1. The third-order valence-electron chi connectivity index (χ3n) is 6.57. The smallest absolute Gasteiger partial charge is 0.410 e. The molecule has 0 aliphatic carbocycles. The Kier molecular flexibility index (Phi) is 7.50. The molecule has 0 saturated carbocycles. The van der Waals surface area contributed by atoms with Gasteiger partial charge in [-0.25, -0.2) is 14.8 Å². The van der Waals surface area contributed by atoms with E-state index < -0.39 is 5.60 Å². The van der Waals surface area contributed by atoms with Crippen molar-refractivity contribution in [2.75, 3.05) is 26.8 Å². The van der Waals surface area contributed by atoms with Gasteiger partial charge in [0.05, 0.1) is 12.8 Å². The number of amides is 1. The van der Waals surface area contributed by atoms with Gasteiger partial charge in [0, 0.05) is 42.3 Å². The fourth-order valence-electron chi connectivity index (χ4n) is 5.00. The van der Waals surface area contributed by atoms with E-state index >= 15 is 0 Å². The number of pyridine rings is 2. The first-order valence-electron chi connectivity index (χ1n) is 12.6. The van der Waals surface area contributed by atoms with Crippen LogP contribution in [0.15, 0.2) is 30.3 Å². The zero-order valence-corrected chi connectivity index (χ0v) is 22.2. The number of likely N-dealkylation sites (tertiary alicyclic amines) is 1. The van der Waals surface area contributed by atoms with Crippen LogP contribution in [0.3, 0.4) is 0 Å². The van der Waals surface area contributed by atoms with Crippen molar-refractivity contribution >= 4 is 17.1 Å². The first kappa shape index (κ1) is 25.9. The molecule has 3 heterocycles. The van der Waals surface area contributed by atoms with Gasteiger partial charge in [0.1, 0.15) is 11.4 Å². The molecule has 2 aromatic heterocycles. The van der Waals surface area contributed by atoms with Crippen molar-refractivity contribution in [1.82, 2.24) is 14.9 Å². The number of rotatable bonds is 5. The zero-order valence-electron chi connectivity index (χ0n) is 22.2. The summed E-state index contributed by atoms with van der Waals surface area (Å²) >= 11 is 0. The van der Waals surface area contributed by atoms with Gasteiger partial charge in [-0.1, -0.05) is 6.07 Å². The van der Waals surface area contributed by atoms with E-state index in [1.807, 2.05) is 45.9 Å². The van der Waals surface area contributed by atoms with Gasteiger partial charge in [-0.2, -0.15) is 0 Å². The van der Waals surface area contributed by atoms with Gasteiger partial charge < -0.3 is 19.5 Å². The van der Waals surface area contributed by atoms with Crippen LogP contribution in [-0.4, -0.2) is 58.5 Å². The minimum atomic E-state index is -0.533. The first-order chi connectivity index (χ1) is 17.1. The standard InChI is InChI=1S/C29H37N3O4/c1-18-14-19(2)26(25(15-18)35-6)23-10-9-22-20(11-13-33)16-24(31-27(22)30-23)21-8-7-12-32(17-21)28(34)36-29(3,4)5/h9-10,14-16,21,33H,7-8,11-13,17H2,1-6H3. The Morgan fingerprint density at radius 3 is 2.64 bits per heavy atom. The summed E-state index contributed by atoms with van der Waals surface area (Å²) in [7, 11) is 1.67. The molecule has 1 saturated heterocycles. The summed E-state index contributed by atoms with van der Waals surface area (Å²) in [6.07, 6.45) is 2.04. The number of carbonyl (C=O) groups is 1. The highest BCUT2D eigenvalue weighted by atomic mass is 16.6. The Bertz CT molecular complexity index is 1270. The number of aliphatic hydroxyl groups is 1. The molecule has 4 rings (SSSR count). The van der Waals surface area contributed by atoms with E-state index in [-0.39, 0.29) is 18.6 Å². The monoisotopic (exact) mass is 491 g/mol. The van der Waals surface area contributed by atoms with Crippen molar-refractivity contribution < 1.29 is 19.4 Å². The van der Waals surface area contributed by atoms with E-state index in [9.17, 15) is 9.90 Å². The number of aliphatic hydroxyl groups excluding tert-OH is 1. The number of hydrogen-bond acceptors (Lipinski definition) is 6. The van der Waals surface area contributed by atoms with E-state index in [1.165, 1.54) is 0 Å². The van der Waals surface area contributed by atoms with Gasteiger partial charge in [-0.3, -0.25) is 0 Å². The lowest BCUT2D eigenvalue weighted by Gasteiger charge is -2.34. The van der Waals surface area contributed by atoms with Crippen LogP contribution in [0, 0.1) is 13.8 Å². The molecule has 1 aliphatic heterocycles. The summed E-state index contributed by atoms with van der Waals surface area (Å²) in [4.78, 5) is 24.4. The van der Waals surface area contributed by atoms with E-state index in [2.05, 4.69) is 19.1 Å². The number of fused-ring (bicyclic) bond motifs is 1. The van der Waals surface area contributed by atoms with Crippen molar-refractivity contribution in [3.05, 3.63) is 52.7 Å². The minimum absolute atomic E-state index is 0.0416. The summed E-state index contributed by atoms with van der Waals surface area (Å²) in [6, 6.07) is 10.2. The normalized spacial score (nSPS) is 16.3.